The molecule has 2 N–H and O–H groups in total. The Morgan fingerprint density at radius 1 is 1.58 bits per heavy atom. The minimum Gasteiger partial charge on any atom is -0.376 e. The van der Waals surface area contributed by atoms with Gasteiger partial charge in [-0.05, 0) is 6.42 Å². The molecule has 0 aromatic rings. The second-order valence-electron chi connectivity index (χ2n) is 3.77. The van der Waals surface area contributed by atoms with Crippen LogP contribution in [0.5, 0.6) is 0 Å². The second-order valence-corrected chi connectivity index (χ2v) is 3.77. The maximum absolute atomic E-state index is 10.8. The average molecular weight is 192 g/mol. The number of rotatable bonds is 1. The van der Waals surface area contributed by atoms with Crippen LogP contribution < -0.4 is 5.73 Å². The molecule has 1 saturated carbocycles. The van der Waals surface area contributed by atoms with Gasteiger partial charge in [0.15, 0.2) is 0 Å². The van der Waals surface area contributed by atoms with Crippen molar-refractivity contribution >= 4 is 18.2 Å². The lowest BCUT2D eigenvalue weighted by Crippen LogP contribution is -2.38. The van der Waals surface area contributed by atoms with Crippen molar-refractivity contribution in [2.45, 2.75) is 25.4 Å². The predicted molar refractivity (Wildman–Crippen MR) is 47.3 cm³/mol. The van der Waals surface area contributed by atoms with Crippen LogP contribution in [0.2, 0.25) is 0 Å². The minimum atomic E-state index is 0. The summed E-state index contributed by atoms with van der Waals surface area (Å²) in [6, 6.07) is 0. The Morgan fingerprint density at radius 2 is 2.25 bits per heavy atom. The van der Waals surface area contributed by atoms with Crippen molar-refractivity contribution in [3.05, 3.63) is 0 Å². The van der Waals surface area contributed by atoms with Crippen LogP contribution in [-0.4, -0.2) is 25.0 Å². The third-order valence-electron chi connectivity index (χ3n) is 2.69. The quantitative estimate of drug-likeness (QED) is 0.657. The van der Waals surface area contributed by atoms with Crippen molar-refractivity contribution in [2.75, 3.05) is 13.2 Å². The van der Waals surface area contributed by atoms with Crippen molar-refractivity contribution < 1.29 is 9.53 Å². The van der Waals surface area contributed by atoms with Crippen molar-refractivity contribution in [2.24, 2.45) is 11.1 Å². The molecule has 0 amide bonds. The summed E-state index contributed by atoms with van der Waals surface area (Å²) in [7, 11) is 0. The lowest BCUT2D eigenvalue weighted by molar-refractivity contribution is -0.132. The smallest absolute Gasteiger partial charge is 0.134 e. The number of ketones is 1. The first-order chi connectivity index (χ1) is 5.24. The minimum absolute atomic E-state index is 0. The highest BCUT2D eigenvalue weighted by Gasteiger charge is 2.48. The van der Waals surface area contributed by atoms with Gasteiger partial charge in [0.1, 0.15) is 5.78 Å². The van der Waals surface area contributed by atoms with Gasteiger partial charge in [0, 0.05) is 24.8 Å². The van der Waals surface area contributed by atoms with Crippen LogP contribution in [0, 0.1) is 5.41 Å². The Hall–Kier alpha value is -0.120. The van der Waals surface area contributed by atoms with Gasteiger partial charge in [0.25, 0.3) is 0 Å². The van der Waals surface area contributed by atoms with Crippen LogP contribution in [0.3, 0.4) is 0 Å². The van der Waals surface area contributed by atoms with Crippen molar-refractivity contribution in [3.63, 3.8) is 0 Å². The van der Waals surface area contributed by atoms with E-state index in [-0.39, 0.29) is 23.9 Å². The fraction of sp³-hybridized carbons (Fsp3) is 0.875. The largest absolute Gasteiger partial charge is 0.376 e. The van der Waals surface area contributed by atoms with Crippen LogP contribution in [-0.2, 0) is 9.53 Å². The Labute approximate surface area is 78.1 Å². The number of halogens is 1. The monoisotopic (exact) mass is 191 g/mol. The second kappa shape index (κ2) is 3.32. The first-order valence-electron chi connectivity index (χ1n) is 4.07. The molecule has 3 nitrogen and oxygen atoms in total. The van der Waals surface area contributed by atoms with Gasteiger partial charge in [-0.3, -0.25) is 4.79 Å². The Balaban J connectivity index is 0.000000720. The summed E-state index contributed by atoms with van der Waals surface area (Å²) in [5.41, 5.74) is 5.67. The van der Waals surface area contributed by atoms with E-state index in [1.54, 1.807) is 0 Å². The number of nitrogens with two attached hydrogens (primary N) is 1. The number of carbonyl (C=O) groups excluding carboxylic acids is 1. The summed E-state index contributed by atoms with van der Waals surface area (Å²) in [6.07, 6.45) is 2.66. The van der Waals surface area contributed by atoms with Crippen LogP contribution in [0.1, 0.15) is 19.3 Å². The lowest BCUT2D eigenvalue weighted by Gasteiger charge is -2.34. The molecule has 1 aliphatic carbocycles. The molecule has 1 spiro atoms. The Morgan fingerprint density at radius 3 is 2.67 bits per heavy atom. The molecule has 1 atom stereocenters. The van der Waals surface area contributed by atoms with Gasteiger partial charge in [0.05, 0.1) is 12.7 Å². The zero-order valence-electron chi connectivity index (χ0n) is 6.91. The molecule has 1 aliphatic heterocycles. The van der Waals surface area contributed by atoms with Crippen molar-refractivity contribution in [1.29, 1.82) is 0 Å². The molecular weight excluding hydrogens is 178 g/mol. The number of carbonyl (C=O) groups is 1. The topological polar surface area (TPSA) is 52.3 Å². The molecule has 2 rings (SSSR count). The molecule has 12 heavy (non-hydrogen) atoms. The first-order valence-corrected chi connectivity index (χ1v) is 4.07. The van der Waals surface area contributed by atoms with E-state index in [0.717, 1.165) is 25.9 Å². The predicted octanol–water partition coefficient (Wildman–Crippen LogP) is 0.505. The molecule has 2 aliphatic rings. The number of hydrogen-bond donors (Lipinski definition) is 1. The SMILES string of the molecule is Cl.NCC1CC2(CO1)CC(=O)C2. The summed E-state index contributed by atoms with van der Waals surface area (Å²) in [5.74, 6) is 0.381. The van der Waals surface area contributed by atoms with Crippen LogP contribution in [0.15, 0.2) is 0 Å². The maximum atomic E-state index is 10.8. The van der Waals surface area contributed by atoms with E-state index in [9.17, 15) is 4.79 Å². The number of hydrogen-bond acceptors (Lipinski definition) is 3. The fourth-order valence-corrected chi connectivity index (χ4v) is 2.08. The standard InChI is InChI=1S/C8H13NO2.ClH/c9-4-7-3-8(5-11-7)1-6(10)2-8;/h7H,1-5,9H2;1H. The zero-order valence-corrected chi connectivity index (χ0v) is 7.73. The van der Waals surface area contributed by atoms with Gasteiger partial charge in [-0.15, -0.1) is 12.4 Å². The van der Waals surface area contributed by atoms with Gasteiger partial charge in [-0.2, -0.15) is 0 Å². The molecule has 1 heterocycles. The molecular formula is C8H14ClNO2. The highest BCUT2D eigenvalue weighted by atomic mass is 35.5. The molecule has 2 fully saturated rings. The summed E-state index contributed by atoms with van der Waals surface area (Å²) in [6.45, 7) is 1.34. The fourth-order valence-electron chi connectivity index (χ4n) is 2.08. The third kappa shape index (κ3) is 1.49. The number of ether oxygens (including phenoxy) is 1. The van der Waals surface area contributed by atoms with Gasteiger partial charge in [-0.25, -0.2) is 0 Å². The van der Waals surface area contributed by atoms with Gasteiger partial charge in [-0.1, -0.05) is 0 Å². The molecule has 0 bridgehead atoms. The summed E-state index contributed by atoms with van der Waals surface area (Å²) >= 11 is 0. The van der Waals surface area contributed by atoms with Crippen LogP contribution >= 0.6 is 12.4 Å². The van der Waals surface area contributed by atoms with Crippen LogP contribution in [0.4, 0.5) is 0 Å². The van der Waals surface area contributed by atoms with Gasteiger partial charge < -0.3 is 10.5 Å². The van der Waals surface area contributed by atoms with Gasteiger partial charge >= 0.3 is 0 Å². The number of Topliss-reactive ketones (excluding diaryl/α,β-unsaturated/α-hetero) is 1. The molecule has 1 unspecified atom stereocenters. The van der Waals surface area contributed by atoms with Crippen LogP contribution in [0.25, 0.3) is 0 Å². The third-order valence-corrected chi connectivity index (χ3v) is 2.69. The summed E-state index contributed by atoms with van der Waals surface area (Å²) in [5, 5.41) is 0. The lowest BCUT2D eigenvalue weighted by atomic mass is 9.67. The van der Waals surface area contributed by atoms with E-state index in [1.807, 2.05) is 0 Å². The highest BCUT2D eigenvalue weighted by molar-refractivity contribution is 5.86. The first kappa shape index (κ1) is 9.96. The average Bonchev–Trinajstić information content (AvgIpc) is 2.31. The summed E-state index contributed by atoms with van der Waals surface area (Å²) in [4.78, 5) is 10.8. The Kier molecular flexibility index (Phi) is 2.76. The van der Waals surface area contributed by atoms with Gasteiger partial charge in [0.2, 0.25) is 0 Å². The molecule has 0 aromatic carbocycles. The molecule has 4 heteroatoms. The molecule has 0 radical (unpaired) electrons. The molecule has 70 valence electrons. The maximum Gasteiger partial charge on any atom is 0.134 e. The van der Waals surface area contributed by atoms with Crippen molar-refractivity contribution in [3.8, 4) is 0 Å². The van der Waals surface area contributed by atoms with E-state index in [0.29, 0.717) is 12.3 Å². The molecule has 1 saturated heterocycles. The van der Waals surface area contributed by atoms with E-state index >= 15 is 0 Å². The Bertz CT molecular complexity index is 187. The summed E-state index contributed by atoms with van der Waals surface area (Å²) < 4.78 is 5.43. The zero-order chi connectivity index (χ0) is 7.90. The normalized spacial score (nSPS) is 31.4. The van der Waals surface area contributed by atoms with E-state index in [1.165, 1.54) is 0 Å². The van der Waals surface area contributed by atoms with E-state index in [2.05, 4.69) is 0 Å². The van der Waals surface area contributed by atoms with E-state index < -0.39 is 0 Å². The van der Waals surface area contributed by atoms with Crippen molar-refractivity contribution in [1.82, 2.24) is 0 Å². The molecule has 0 aromatic heterocycles. The van der Waals surface area contributed by atoms with E-state index in [4.69, 9.17) is 10.5 Å². The highest BCUT2D eigenvalue weighted by Crippen LogP contribution is 2.46.